The summed E-state index contributed by atoms with van der Waals surface area (Å²) in [5, 5.41) is 0. The Morgan fingerprint density at radius 3 is 2.42 bits per heavy atom. The van der Waals surface area contributed by atoms with Gasteiger partial charge >= 0.3 is 0 Å². The molecule has 0 aliphatic heterocycles. The molecule has 0 aliphatic rings. The third kappa shape index (κ3) is 4.06. The molecule has 2 N–H and O–H groups in total. The zero-order chi connectivity index (χ0) is 14.4. The van der Waals surface area contributed by atoms with Gasteiger partial charge in [0.2, 0.25) is 5.91 Å². The second-order valence-corrected chi connectivity index (χ2v) is 5.06. The van der Waals surface area contributed by atoms with Crippen LogP contribution in [-0.4, -0.2) is 30.4 Å². The van der Waals surface area contributed by atoms with Crippen molar-refractivity contribution in [3.63, 3.8) is 0 Å². The van der Waals surface area contributed by atoms with Crippen LogP contribution in [0.1, 0.15) is 42.9 Å². The predicted molar refractivity (Wildman–Crippen MR) is 80.3 cm³/mol. The molecule has 0 heterocycles. The third-order valence-corrected chi connectivity index (χ3v) is 3.70. The van der Waals surface area contributed by atoms with Crippen molar-refractivity contribution in [2.45, 2.75) is 40.0 Å². The molecule has 0 saturated heterocycles. The van der Waals surface area contributed by atoms with Gasteiger partial charge in [0.1, 0.15) is 0 Å². The average Bonchev–Trinajstić information content (AvgIpc) is 2.40. The Balaban J connectivity index is 2.89. The van der Waals surface area contributed by atoms with Gasteiger partial charge in [0.15, 0.2) is 0 Å². The standard InChI is InChI=1S/C16H26N2O/c1-5-18(6-2)16(19)10-14(11-17)15-9-12(3)7-8-13(15)4/h7-9,14H,5-6,10-11,17H2,1-4H3. The summed E-state index contributed by atoms with van der Waals surface area (Å²) in [6.07, 6.45) is 0.502. The maximum atomic E-state index is 12.2. The summed E-state index contributed by atoms with van der Waals surface area (Å²) in [7, 11) is 0. The minimum atomic E-state index is 0.119. The number of benzene rings is 1. The van der Waals surface area contributed by atoms with Gasteiger partial charge in [0.25, 0.3) is 0 Å². The van der Waals surface area contributed by atoms with Gasteiger partial charge in [-0.3, -0.25) is 4.79 Å². The summed E-state index contributed by atoms with van der Waals surface area (Å²) in [4.78, 5) is 14.1. The topological polar surface area (TPSA) is 46.3 Å². The van der Waals surface area contributed by atoms with Crippen LogP contribution in [0.25, 0.3) is 0 Å². The monoisotopic (exact) mass is 262 g/mol. The van der Waals surface area contributed by atoms with E-state index in [9.17, 15) is 4.79 Å². The predicted octanol–water partition coefficient (Wildman–Crippen LogP) is 2.60. The Hall–Kier alpha value is -1.35. The fourth-order valence-corrected chi connectivity index (χ4v) is 2.44. The highest BCUT2D eigenvalue weighted by Crippen LogP contribution is 2.24. The molecule has 1 unspecified atom stereocenters. The van der Waals surface area contributed by atoms with Crippen LogP contribution >= 0.6 is 0 Å². The fourth-order valence-electron chi connectivity index (χ4n) is 2.44. The number of carbonyl (C=O) groups excluding carboxylic acids is 1. The SMILES string of the molecule is CCN(CC)C(=O)CC(CN)c1cc(C)ccc1C. The number of hydrogen-bond donors (Lipinski definition) is 1. The van der Waals surface area contributed by atoms with Crippen molar-refractivity contribution in [1.29, 1.82) is 0 Å². The number of carbonyl (C=O) groups is 1. The van der Waals surface area contributed by atoms with Crippen molar-refractivity contribution in [3.05, 3.63) is 34.9 Å². The van der Waals surface area contributed by atoms with Gasteiger partial charge in [-0.25, -0.2) is 0 Å². The molecule has 0 fully saturated rings. The molecule has 0 bridgehead atoms. The minimum absolute atomic E-state index is 0.119. The molecule has 19 heavy (non-hydrogen) atoms. The number of rotatable bonds is 6. The highest BCUT2D eigenvalue weighted by molar-refractivity contribution is 5.77. The number of nitrogens with two attached hydrogens (primary N) is 1. The second-order valence-electron chi connectivity index (χ2n) is 5.06. The third-order valence-electron chi connectivity index (χ3n) is 3.70. The summed E-state index contributed by atoms with van der Waals surface area (Å²) in [6.45, 7) is 10.2. The maximum absolute atomic E-state index is 12.2. The highest BCUT2D eigenvalue weighted by Gasteiger charge is 2.19. The molecule has 3 heteroatoms. The zero-order valence-corrected chi connectivity index (χ0v) is 12.6. The van der Waals surface area contributed by atoms with Crippen LogP contribution in [0, 0.1) is 13.8 Å². The van der Waals surface area contributed by atoms with E-state index in [4.69, 9.17) is 5.73 Å². The lowest BCUT2D eigenvalue weighted by Crippen LogP contribution is -2.32. The van der Waals surface area contributed by atoms with E-state index in [1.165, 1.54) is 16.7 Å². The van der Waals surface area contributed by atoms with Crippen LogP contribution < -0.4 is 5.73 Å². The van der Waals surface area contributed by atoms with Crippen LogP contribution in [0.15, 0.2) is 18.2 Å². The molecule has 0 aliphatic carbocycles. The highest BCUT2D eigenvalue weighted by atomic mass is 16.2. The van der Waals surface area contributed by atoms with E-state index in [2.05, 4.69) is 32.0 Å². The molecule has 1 aromatic carbocycles. The normalized spacial score (nSPS) is 12.3. The molecular formula is C16H26N2O. The lowest BCUT2D eigenvalue weighted by molar-refractivity contribution is -0.131. The molecule has 1 amide bonds. The van der Waals surface area contributed by atoms with Crippen molar-refractivity contribution in [3.8, 4) is 0 Å². The van der Waals surface area contributed by atoms with Gasteiger partial charge in [0.05, 0.1) is 0 Å². The van der Waals surface area contributed by atoms with E-state index < -0.39 is 0 Å². The van der Waals surface area contributed by atoms with Crippen LogP contribution in [0.3, 0.4) is 0 Å². The summed E-state index contributed by atoms with van der Waals surface area (Å²) in [5.74, 6) is 0.314. The van der Waals surface area contributed by atoms with Crippen molar-refractivity contribution in [2.75, 3.05) is 19.6 Å². The first kappa shape index (κ1) is 15.7. The summed E-state index contributed by atoms with van der Waals surface area (Å²) >= 11 is 0. The first-order chi connectivity index (χ1) is 9.03. The summed E-state index contributed by atoms with van der Waals surface area (Å²) < 4.78 is 0. The molecule has 0 spiro atoms. The van der Waals surface area contributed by atoms with Crippen LogP contribution in [0.2, 0.25) is 0 Å². The maximum Gasteiger partial charge on any atom is 0.223 e. The Bertz CT molecular complexity index is 425. The van der Waals surface area contributed by atoms with Crippen LogP contribution in [0.4, 0.5) is 0 Å². The second kappa shape index (κ2) is 7.29. The van der Waals surface area contributed by atoms with Crippen molar-refractivity contribution < 1.29 is 4.79 Å². The lowest BCUT2D eigenvalue weighted by atomic mass is 9.90. The van der Waals surface area contributed by atoms with Gasteiger partial charge in [0, 0.05) is 25.4 Å². The lowest BCUT2D eigenvalue weighted by Gasteiger charge is -2.23. The van der Waals surface area contributed by atoms with E-state index in [0.29, 0.717) is 13.0 Å². The van der Waals surface area contributed by atoms with E-state index in [1.54, 1.807) is 0 Å². The van der Waals surface area contributed by atoms with Crippen LogP contribution in [0.5, 0.6) is 0 Å². The number of nitrogens with zero attached hydrogens (tertiary/aromatic N) is 1. The van der Waals surface area contributed by atoms with Crippen LogP contribution in [-0.2, 0) is 4.79 Å². The molecule has 1 aromatic rings. The Morgan fingerprint density at radius 2 is 1.89 bits per heavy atom. The molecule has 1 rings (SSSR count). The van der Waals surface area contributed by atoms with Crippen molar-refractivity contribution in [2.24, 2.45) is 5.73 Å². The Morgan fingerprint density at radius 1 is 1.26 bits per heavy atom. The molecule has 0 radical (unpaired) electrons. The van der Waals surface area contributed by atoms with E-state index in [-0.39, 0.29) is 11.8 Å². The summed E-state index contributed by atoms with van der Waals surface area (Å²) in [6, 6.07) is 6.36. The largest absolute Gasteiger partial charge is 0.343 e. The fraction of sp³-hybridized carbons (Fsp3) is 0.562. The molecular weight excluding hydrogens is 236 g/mol. The average molecular weight is 262 g/mol. The Kier molecular flexibility index (Phi) is 6.03. The molecule has 106 valence electrons. The molecule has 0 aromatic heterocycles. The molecule has 1 atom stereocenters. The van der Waals surface area contributed by atoms with Crippen molar-refractivity contribution >= 4 is 5.91 Å². The number of hydrogen-bond acceptors (Lipinski definition) is 2. The van der Waals surface area contributed by atoms with Gasteiger partial charge < -0.3 is 10.6 Å². The van der Waals surface area contributed by atoms with E-state index in [1.807, 2.05) is 18.7 Å². The smallest absolute Gasteiger partial charge is 0.223 e. The van der Waals surface area contributed by atoms with E-state index in [0.717, 1.165) is 13.1 Å². The first-order valence-electron chi connectivity index (χ1n) is 7.08. The minimum Gasteiger partial charge on any atom is -0.343 e. The molecule has 3 nitrogen and oxygen atoms in total. The first-order valence-corrected chi connectivity index (χ1v) is 7.08. The van der Waals surface area contributed by atoms with E-state index >= 15 is 0 Å². The number of amides is 1. The summed E-state index contributed by atoms with van der Waals surface area (Å²) in [5.41, 5.74) is 9.53. The quantitative estimate of drug-likeness (QED) is 0.856. The van der Waals surface area contributed by atoms with Gasteiger partial charge in [-0.05, 0) is 45.4 Å². The Labute approximate surface area is 116 Å². The van der Waals surface area contributed by atoms with Gasteiger partial charge in [-0.1, -0.05) is 23.8 Å². The molecule has 0 saturated carbocycles. The van der Waals surface area contributed by atoms with Gasteiger partial charge in [-0.2, -0.15) is 0 Å². The van der Waals surface area contributed by atoms with Gasteiger partial charge in [-0.15, -0.1) is 0 Å². The number of aryl methyl sites for hydroxylation is 2. The zero-order valence-electron chi connectivity index (χ0n) is 12.6. The van der Waals surface area contributed by atoms with Crippen molar-refractivity contribution in [1.82, 2.24) is 4.90 Å².